The zero-order valence-electron chi connectivity index (χ0n) is 11.9. The maximum atomic E-state index is 12.4. The SMILES string of the molecule is CCNc1ccc(Cl)cc1C(=O)NC1CCC(SC)C1. The molecule has 3 nitrogen and oxygen atoms in total. The second kappa shape index (κ2) is 7.23. The highest BCUT2D eigenvalue weighted by molar-refractivity contribution is 7.99. The van der Waals surface area contributed by atoms with Gasteiger partial charge < -0.3 is 10.6 Å². The molecule has 0 heterocycles. The summed E-state index contributed by atoms with van der Waals surface area (Å²) in [5.41, 5.74) is 1.47. The smallest absolute Gasteiger partial charge is 0.253 e. The Labute approximate surface area is 129 Å². The van der Waals surface area contributed by atoms with E-state index < -0.39 is 0 Å². The fraction of sp³-hybridized carbons (Fsp3) is 0.533. The molecule has 0 bridgehead atoms. The Morgan fingerprint density at radius 2 is 2.25 bits per heavy atom. The molecule has 0 saturated heterocycles. The number of halogens is 1. The number of carbonyl (C=O) groups is 1. The van der Waals surface area contributed by atoms with E-state index in [9.17, 15) is 4.79 Å². The first kappa shape index (κ1) is 15.5. The van der Waals surface area contributed by atoms with E-state index >= 15 is 0 Å². The highest BCUT2D eigenvalue weighted by Gasteiger charge is 2.26. The van der Waals surface area contributed by atoms with Crippen molar-refractivity contribution in [3.05, 3.63) is 28.8 Å². The number of benzene rings is 1. The molecule has 0 radical (unpaired) electrons. The standard InChI is InChI=1S/C15H21ClN2OS/c1-3-17-14-7-4-10(16)8-13(14)15(19)18-11-5-6-12(9-11)20-2/h4,7-8,11-12,17H,3,5-6,9H2,1-2H3,(H,18,19). The first-order valence-corrected chi connectivity index (χ1v) is 8.67. The largest absolute Gasteiger partial charge is 0.385 e. The first-order valence-electron chi connectivity index (χ1n) is 7.01. The van der Waals surface area contributed by atoms with Gasteiger partial charge in [-0.25, -0.2) is 0 Å². The predicted molar refractivity (Wildman–Crippen MR) is 88.0 cm³/mol. The lowest BCUT2D eigenvalue weighted by atomic mass is 10.1. The van der Waals surface area contributed by atoms with Gasteiger partial charge in [0.15, 0.2) is 0 Å². The maximum absolute atomic E-state index is 12.4. The van der Waals surface area contributed by atoms with Gasteiger partial charge in [0.05, 0.1) is 5.56 Å². The van der Waals surface area contributed by atoms with Crippen LogP contribution in [0.25, 0.3) is 0 Å². The molecule has 1 aliphatic rings. The lowest BCUT2D eigenvalue weighted by Crippen LogP contribution is -2.33. The summed E-state index contributed by atoms with van der Waals surface area (Å²) in [7, 11) is 0. The molecular formula is C15H21ClN2OS. The lowest BCUT2D eigenvalue weighted by Gasteiger charge is -2.15. The van der Waals surface area contributed by atoms with E-state index in [1.807, 2.05) is 24.8 Å². The van der Waals surface area contributed by atoms with Crippen LogP contribution in [0.1, 0.15) is 36.5 Å². The molecule has 0 spiro atoms. The third-order valence-corrected chi connectivity index (χ3v) is 4.98. The zero-order chi connectivity index (χ0) is 14.5. The monoisotopic (exact) mass is 312 g/mol. The Morgan fingerprint density at radius 1 is 1.45 bits per heavy atom. The number of amides is 1. The number of hydrogen-bond donors (Lipinski definition) is 2. The minimum atomic E-state index is -0.0322. The quantitative estimate of drug-likeness (QED) is 0.869. The highest BCUT2D eigenvalue weighted by atomic mass is 35.5. The van der Waals surface area contributed by atoms with E-state index in [1.165, 1.54) is 6.42 Å². The van der Waals surface area contributed by atoms with Crippen LogP contribution in [0, 0.1) is 0 Å². The Hall–Kier alpha value is -0.870. The van der Waals surface area contributed by atoms with Gasteiger partial charge in [0.25, 0.3) is 5.91 Å². The van der Waals surface area contributed by atoms with Crippen molar-refractivity contribution in [3.8, 4) is 0 Å². The molecule has 5 heteroatoms. The van der Waals surface area contributed by atoms with Gasteiger partial charge in [0.2, 0.25) is 0 Å². The minimum Gasteiger partial charge on any atom is -0.385 e. The van der Waals surface area contributed by atoms with E-state index in [-0.39, 0.29) is 11.9 Å². The van der Waals surface area contributed by atoms with Gasteiger partial charge in [0, 0.05) is 28.5 Å². The van der Waals surface area contributed by atoms with Crippen LogP contribution in [0.5, 0.6) is 0 Å². The molecule has 2 rings (SSSR count). The van der Waals surface area contributed by atoms with Crippen molar-refractivity contribution >= 4 is 35.0 Å². The molecule has 1 aromatic rings. The number of nitrogens with one attached hydrogen (secondary N) is 2. The fourth-order valence-electron chi connectivity index (χ4n) is 2.60. The lowest BCUT2D eigenvalue weighted by molar-refractivity contribution is 0.0939. The Balaban J connectivity index is 2.07. The number of anilines is 1. The third kappa shape index (κ3) is 3.83. The molecule has 2 atom stereocenters. The maximum Gasteiger partial charge on any atom is 0.253 e. The highest BCUT2D eigenvalue weighted by Crippen LogP contribution is 2.29. The summed E-state index contributed by atoms with van der Waals surface area (Å²) in [6.07, 6.45) is 5.44. The summed E-state index contributed by atoms with van der Waals surface area (Å²) in [5.74, 6) is -0.0322. The number of carbonyl (C=O) groups excluding carboxylic acids is 1. The Kier molecular flexibility index (Phi) is 5.61. The van der Waals surface area contributed by atoms with Gasteiger partial charge >= 0.3 is 0 Å². The van der Waals surface area contributed by atoms with Crippen molar-refractivity contribution in [2.75, 3.05) is 18.1 Å². The molecule has 1 aromatic carbocycles. The van der Waals surface area contributed by atoms with Gasteiger partial charge in [-0.3, -0.25) is 4.79 Å². The summed E-state index contributed by atoms with van der Waals surface area (Å²) >= 11 is 7.90. The molecule has 20 heavy (non-hydrogen) atoms. The minimum absolute atomic E-state index is 0.0322. The zero-order valence-corrected chi connectivity index (χ0v) is 13.5. The molecule has 1 aliphatic carbocycles. The summed E-state index contributed by atoms with van der Waals surface area (Å²) in [5, 5.41) is 7.60. The van der Waals surface area contributed by atoms with Gasteiger partial charge in [-0.2, -0.15) is 11.8 Å². The molecule has 2 N–H and O–H groups in total. The molecular weight excluding hydrogens is 292 g/mol. The fourth-order valence-corrected chi connectivity index (χ4v) is 3.57. The van der Waals surface area contributed by atoms with E-state index in [0.717, 1.165) is 25.1 Å². The van der Waals surface area contributed by atoms with Crippen molar-refractivity contribution in [1.29, 1.82) is 0 Å². The van der Waals surface area contributed by atoms with Crippen LogP contribution in [0.15, 0.2) is 18.2 Å². The van der Waals surface area contributed by atoms with E-state index in [1.54, 1.807) is 12.1 Å². The van der Waals surface area contributed by atoms with Crippen molar-refractivity contribution in [1.82, 2.24) is 5.32 Å². The van der Waals surface area contributed by atoms with E-state index in [4.69, 9.17) is 11.6 Å². The van der Waals surface area contributed by atoms with Gasteiger partial charge in [-0.05, 0) is 50.6 Å². The molecule has 0 aliphatic heterocycles. The number of rotatable bonds is 5. The second-order valence-electron chi connectivity index (χ2n) is 5.06. The van der Waals surface area contributed by atoms with Gasteiger partial charge in [-0.1, -0.05) is 11.6 Å². The summed E-state index contributed by atoms with van der Waals surface area (Å²) in [4.78, 5) is 12.4. The molecule has 2 unspecified atom stereocenters. The van der Waals surface area contributed by atoms with Crippen molar-refractivity contribution in [2.24, 2.45) is 0 Å². The summed E-state index contributed by atoms with van der Waals surface area (Å²) in [6, 6.07) is 5.68. The van der Waals surface area contributed by atoms with Crippen LogP contribution in [0.2, 0.25) is 5.02 Å². The average molecular weight is 313 g/mol. The predicted octanol–water partition coefficient (Wildman–Crippen LogP) is 3.79. The van der Waals surface area contributed by atoms with E-state index in [2.05, 4.69) is 16.9 Å². The van der Waals surface area contributed by atoms with Crippen LogP contribution in [-0.2, 0) is 0 Å². The van der Waals surface area contributed by atoms with Crippen LogP contribution in [0.4, 0.5) is 5.69 Å². The topological polar surface area (TPSA) is 41.1 Å². The van der Waals surface area contributed by atoms with Gasteiger partial charge in [0.1, 0.15) is 0 Å². The van der Waals surface area contributed by atoms with Crippen LogP contribution in [0.3, 0.4) is 0 Å². The second-order valence-corrected chi connectivity index (χ2v) is 6.64. The molecule has 1 amide bonds. The number of thioether (sulfide) groups is 1. The number of hydrogen-bond acceptors (Lipinski definition) is 3. The average Bonchev–Trinajstić information content (AvgIpc) is 2.88. The van der Waals surface area contributed by atoms with E-state index in [0.29, 0.717) is 15.8 Å². The first-order chi connectivity index (χ1) is 9.63. The molecule has 1 saturated carbocycles. The summed E-state index contributed by atoms with van der Waals surface area (Å²) < 4.78 is 0. The Bertz CT molecular complexity index is 481. The molecule has 1 fully saturated rings. The molecule has 0 aromatic heterocycles. The summed E-state index contributed by atoms with van der Waals surface area (Å²) in [6.45, 7) is 2.79. The third-order valence-electron chi connectivity index (χ3n) is 3.65. The van der Waals surface area contributed by atoms with Crippen LogP contribution in [-0.4, -0.2) is 30.0 Å². The molecule has 110 valence electrons. The normalized spacial score (nSPS) is 21.8. The van der Waals surface area contributed by atoms with Crippen molar-refractivity contribution < 1.29 is 4.79 Å². The van der Waals surface area contributed by atoms with Crippen molar-refractivity contribution in [2.45, 2.75) is 37.5 Å². The Morgan fingerprint density at radius 3 is 2.90 bits per heavy atom. The van der Waals surface area contributed by atoms with Crippen LogP contribution < -0.4 is 10.6 Å². The van der Waals surface area contributed by atoms with Crippen molar-refractivity contribution in [3.63, 3.8) is 0 Å². The van der Waals surface area contributed by atoms with Gasteiger partial charge in [-0.15, -0.1) is 0 Å². The van der Waals surface area contributed by atoms with Crippen LogP contribution >= 0.6 is 23.4 Å².